The van der Waals surface area contributed by atoms with Gasteiger partial charge in [0.05, 0.1) is 16.3 Å². The SMILES string of the molecule is CC(=O)Nc1ccccc1C(=O)Nc1ccc(C(C)C)s1. The maximum absolute atomic E-state index is 12.3. The predicted octanol–water partition coefficient (Wildman–Crippen LogP) is 4.08. The Labute approximate surface area is 128 Å². The number of benzene rings is 1. The van der Waals surface area contributed by atoms with Crippen LogP contribution in [0.4, 0.5) is 10.7 Å². The number of carbonyl (C=O) groups is 2. The van der Waals surface area contributed by atoms with Crippen molar-refractivity contribution < 1.29 is 9.59 Å². The van der Waals surface area contributed by atoms with Crippen LogP contribution >= 0.6 is 11.3 Å². The summed E-state index contributed by atoms with van der Waals surface area (Å²) in [6.45, 7) is 5.65. The van der Waals surface area contributed by atoms with Crippen molar-refractivity contribution in [2.75, 3.05) is 10.6 Å². The van der Waals surface area contributed by atoms with Gasteiger partial charge in [-0.2, -0.15) is 0 Å². The van der Waals surface area contributed by atoms with Crippen molar-refractivity contribution >= 4 is 33.8 Å². The largest absolute Gasteiger partial charge is 0.326 e. The molecule has 2 aromatic rings. The molecule has 0 fully saturated rings. The molecule has 0 aliphatic heterocycles. The van der Waals surface area contributed by atoms with Gasteiger partial charge in [0.25, 0.3) is 5.91 Å². The molecule has 0 aliphatic rings. The van der Waals surface area contributed by atoms with Crippen LogP contribution in [0.1, 0.15) is 41.9 Å². The van der Waals surface area contributed by atoms with E-state index in [2.05, 4.69) is 24.5 Å². The van der Waals surface area contributed by atoms with Gasteiger partial charge >= 0.3 is 0 Å². The van der Waals surface area contributed by atoms with Gasteiger partial charge in [-0.25, -0.2) is 0 Å². The molecule has 5 heteroatoms. The van der Waals surface area contributed by atoms with Crippen LogP contribution in [0.15, 0.2) is 36.4 Å². The highest BCUT2D eigenvalue weighted by molar-refractivity contribution is 7.16. The fraction of sp³-hybridized carbons (Fsp3) is 0.250. The van der Waals surface area contributed by atoms with Gasteiger partial charge in [-0.05, 0) is 30.2 Å². The molecule has 2 amide bonds. The van der Waals surface area contributed by atoms with E-state index in [4.69, 9.17) is 0 Å². The molecule has 2 rings (SSSR count). The zero-order valence-corrected chi connectivity index (χ0v) is 13.1. The summed E-state index contributed by atoms with van der Waals surface area (Å²) in [6.07, 6.45) is 0. The van der Waals surface area contributed by atoms with E-state index in [-0.39, 0.29) is 11.8 Å². The third kappa shape index (κ3) is 3.92. The minimum Gasteiger partial charge on any atom is -0.326 e. The highest BCUT2D eigenvalue weighted by atomic mass is 32.1. The van der Waals surface area contributed by atoms with Crippen LogP contribution in [0, 0.1) is 0 Å². The number of nitrogens with one attached hydrogen (secondary N) is 2. The highest BCUT2D eigenvalue weighted by Gasteiger charge is 2.13. The molecule has 0 saturated heterocycles. The van der Waals surface area contributed by atoms with Gasteiger partial charge in [-0.1, -0.05) is 26.0 Å². The fourth-order valence-corrected chi connectivity index (χ4v) is 2.79. The Morgan fingerprint density at radius 3 is 2.38 bits per heavy atom. The van der Waals surface area contributed by atoms with Crippen LogP contribution in [0.25, 0.3) is 0 Å². The molecule has 21 heavy (non-hydrogen) atoms. The molecular formula is C16H18N2O2S. The molecule has 1 aromatic carbocycles. The third-order valence-electron chi connectivity index (χ3n) is 2.91. The summed E-state index contributed by atoms with van der Waals surface area (Å²) < 4.78 is 0. The Bertz CT molecular complexity index is 662. The monoisotopic (exact) mass is 302 g/mol. The highest BCUT2D eigenvalue weighted by Crippen LogP contribution is 2.28. The molecule has 0 radical (unpaired) electrons. The van der Waals surface area contributed by atoms with Crippen LogP contribution in [-0.4, -0.2) is 11.8 Å². The second-order valence-corrected chi connectivity index (χ2v) is 6.15. The summed E-state index contributed by atoms with van der Waals surface area (Å²) in [5.74, 6) is 0.0114. The summed E-state index contributed by atoms with van der Waals surface area (Å²) >= 11 is 1.56. The van der Waals surface area contributed by atoms with Gasteiger partial charge in [0.1, 0.15) is 0 Å². The molecule has 4 nitrogen and oxygen atoms in total. The topological polar surface area (TPSA) is 58.2 Å². The lowest BCUT2D eigenvalue weighted by Gasteiger charge is -2.09. The van der Waals surface area contributed by atoms with Crippen LogP contribution in [0.5, 0.6) is 0 Å². The van der Waals surface area contributed by atoms with Crippen LogP contribution in [0.3, 0.4) is 0 Å². The molecule has 0 bridgehead atoms. The number of hydrogen-bond acceptors (Lipinski definition) is 3. The van der Waals surface area contributed by atoms with Crippen LogP contribution in [-0.2, 0) is 4.79 Å². The first-order valence-electron chi connectivity index (χ1n) is 6.75. The molecule has 0 atom stereocenters. The van der Waals surface area contributed by atoms with E-state index in [9.17, 15) is 9.59 Å². The van der Waals surface area contributed by atoms with Crippen molar-refractivity contribution in [2.24, 2.45) is 0 Å². The van der Waals surface area contributed by atoms with Gasteiger partial charge < -0.3 is 10.6 Å². The van der Waals surface area contributed by atoms with E-state index >= 15 is 0 Å². The predicted molar refractivity (Wildman–Crippen MR) is 87.1 cm³/mol. The van der Waals surface area contributed by atoms with Crippen LogP contribution in [0.2, 0.25) is 0 Å². The van der Waals surface area contributed by atoms with E-state index in [1.54, 1.807) is 35.6 Å². The Balaban J connectivity index is 2.18. The van der Waals surface area contributed by atoms with Crippen molar-refractivity contribution in [1.29, 1.82) is 0 Å². The average molecular weight is 302 g/mol. The molecular weight excluding hydrogens is 284 g/mol. The molecule has 2 N–H and O–H groups in total. The van der Waals surface area contributed by atoms with Crippen molar-refractivity contribution in [3.05, 3.63) is 46.8 Å². The van der Waals surface area contributed by atoms with E-state index in [0.717, 1.165) is 5.00 Å². The van der Waals surface area contributed by atoms with Crippen molar-refractivity contribution in [1.82, 2.24) is 0 Å². The second-order valence-electron chi connectivity index (χ2n) is 5.04. The standard InChI is InChI=1S/C16H18N2O2S/c1-10(2)14-8-9-15(21-14)18-16(20)12-6-4-5-7-13(12)17-11(3)19/h4-10H,1-3H3,(H,17,19)(H,18,20). The average Bonchev–Trinajstić information content (AvgIpc) is 2.87. The number of hydrogen-bond donors (Lipinski definition) is 2. The summed E-state index contributed by atoms with van der Waals surface area (Å²) in [4.78, 5) is 24.7. The first kappa shape index (κ1) is 15.3. The number of para-hydroxylation sites is 1. The Hall–Kier alpha value is -2.14. The number of amides is 2. The Kier molecular flexibility index (Phi) is 4.75. The van der Waals surface area contributed by atoms with Crippen molar-refractivity contribution in [3.8, 4) is 0 Å². The van der Waals surface area contributed by atoms with E-state index in [1.807, 2.05) is 12.1 Å². The summed E-state index contributed by atoms with van der Waals surface area (Å²) in [6, 6.07) is 10.9. The van der Waals surface area contributed by atoms with E-state index in [1.165, 1.54) is 11.8 Å². The minimum atomic E-state index is -0.225. The minimum absolute atomic E-state index is 0.200. The van der Waals surface area contributed by atoms with Gasteiger partial charge in [-0.15, -0.1) is 11.3 Å². The third-order valence-corrected chi connectivity index (χ3v) is 4.22. The van der Waals surface area contributed by atoms with Gasteiger partial charge in [0, 0.05) is 11.8 Å². The number of anilines is 2. The lowest BCUT2D eigenvalue weighted by Crippen LogP contribution is -2.15. The molecule has 0 saturated carbocycles. The maximum atomic E-state index is 12.3. The normalized spacial score (nSPS) is 10.5. The summed E-state index contributed by atoms with van der Waals surface area (Å²) in [5.41, 5.74) is 0.968. The second kappa shape index (κ2) is 6.54. The van der Waals surface area contributed by atoms with Gasteiger partial charge in [-0.3, -0.25) is 9.59 Å². The number of carbonyl (C=O) groups excluding carboxylic acids is 2. The molecule has 0 aliphatic carbocycles. The fourth-order valence-electron chi connectivity index (χ4n) is 1.89. The molecule has 0 unspecified atom stereocenters. The van der Waals surface area contributed by atoms with Gasteiger partial charge in [0.15, 0.2) is 0 Å². The molecule has 110 valence electrons. The Morgan fingerprint density at radius 2 is 1.76 bits per heavy atom. The van der Waals surface area contributed by atoms with Crippen molar-refractivity contribution in [2.45, 2.75) is 26.7 Å². The number of thiophene rings is 1. The van der Waals surface area contributed by atoms with Crippen LogP contribution < -0.4 is 10.6 Å². The quantitative estimate of drug-likeness (QED) is 0.894. The molecule has 1 heterocycles. The zero-order valence-electron chi connectivity index (χ0n) is 12.3. The summed E-state index contributed by atoms with van der Waals surface area (Å²) in [5, 5.41) is 6.35. The Morgan fingerprint density at radius 1 is 1.05 bits per heavy atom. The number of rotatable bonds is 4. The zero-order chi connectivity index (χ0) is 15.4. The van der Waals surface area contributed by atoms with Crippen molar-refractivity contribution in [3.63, 3.8) is 0 Å². The smallest absolute Gasteiger partial charge is 0.258 e. The first-order valence-corrected chi connectivity index (χ1v) is 7.56. The molecule has 1 aromatic heterocycles. The lowest BCUT2D eigenvalue weighted by molar-refractivity contribution is -0.114. The lowest BCUT2D eigenvalue weighted by atomic mass is 10.1. The molecule has 0 spiro atoms. The first-order chi connectivity index (χ1) is 9.97. The maximum Gasteiger partial charge on any atom is 0.258 e. The van der Waals surface area contributed by atoms with Gasteiger partial charge in [0.2, 0.25) is 5.91 Å². The van der Waals surface area contributed by atoms with E-state index < -0.39 is 0 Å². The summed E-state index contributed by atoms with van der Waals surface area (Å²) in [7, 11) is 0. The van der Waals surface area contributed by atoms with E-state index in [0.29, 0.717) is 17.2 Å².